The van der Waals surface area contributed by atoms with Gasteiger partial charge in [0.1, 0.15) is 0 Å². The molecule has 4 nitrogen and oxygen atoms in total. The van der Waals surface area contributed by atoms with Crippen LogP contribution in [0.1, 0.15) is 111 Å². The lowest BCUT2D eigenvalue weighted by molar-refractivity contribution is 0.0596. The topological polar surface area (TPSA) is 50.9 Å². The highest BCUT2D eigenvalue weighted by molar-refractivity contribution is 5.18. The average molecular weight is 430 g/mol. The van der Waals surface area contributed by atoms with Crippen LogP contribution in [0.25, 0.3) is 0 Å². The summed E-state index contributed by atoms with van der Waals surface area (Å²) in [5, 5.41) is 18.8. The van der Waals surface area contributed by atoms with Gasteiger partial charge >= 0.3 is 0 Å². The maximum atomic E-state index is 10.1. The first-order valence-electron chi connectivity index (χ1n) is 13.0. The monoisotopic (exact) mass is 429 g/mol. The fourth-order valence-corrected chi connectivity index (χ4v) is 6.63. The van der Waals surface area contributed by atoms with E-state index in [2.05, 4.69) is 43.4 Å². The van der Waals surface area contributed by atoms with E-state index in [9.17, 15) is 5.11 Å². The molecular formula is C27H47N3O. The van der Waals surface area contributed by atoms with E-state index in [1.54, 1.807) is 5.57 Å². The summed E-state index contributed by atoms with van der Waals surface area (Å²) in [5.74, 6) is 2.31. The zero-order chi connectivity index (χ0) is 22.5. The van der Waals surface area contributed by atoms with Gasteiger partial charge in [-0.15, -0.1) is 5.10 Å². The van der Waals surface area contributed by atoms with Gasteiger partial charge in [0.15, 0.2) is 0 Å². The Bertz CT molecular complexity index is 716. The largest absolute Gasteiger partial charge is 0.390 e. The van der Waals surface area contributed by atoms with Crippen molar-refractivity contribution in [3.8, 4) is 0 Å². The van der Waals surface area contributed by atoms with Crippen molar-refractivity contribution in [2.45, 2.75) is 124 Å². The normalized spacial score (nSPS) is 28.8. The second kappa shape index (κ2) is 10.6. The number of unbranched alkanes of at least 4 members (excludes halogenated alkanes) is 2. The number of aryl methyl sites for hydroxylation is 1. The summed E-state index contributed by atoms with van der Waals surface area (Å²) in [4.78, 5) is 0. The van der Waals surface area contributed by atoms with Crippen molar-refractivity contribution in [3.63, 3.8) is 0 Å². The van der Waals surface area contributed by atoms with Crippen molar-refractivity contribution < 1.29 is 5.11 Å². The highest BCUT2D eigenvalue weighted by Gasteiger charge is 2.50. The third-order valence-electron chi connectivity index (χ3n) is 8.34. The SMILES string of the molecule is CCCCCc1cn(C/C=C2\CCC[C@]3(C)[C@@H]([C@H](C)CCCC(C)(C)O)CC[C@@H]23)nn1. The van der Waals surface area contributed by atoms with E-state index in [0.717, 1.165) is 49.3 Å². The minimum atomic E-state index is -0.528. The predicted octanol–water partition coefficient (Wildman–Crippen LogP) is 6.73. The summed E-state index contributed by atoms with van der Waals surface area (Å²) in [6.45, 7) is 12.0. The molecule has 0 unspecified atom stereocenters. The predicted molar refractivity (Wildman–Crippen MR) is 129 cm³/mol. The van der Waals surface area contributed by atoms with Gasteiger partial charge in [-0.2, -0.15) is 0 Å². The zero-order valence-corrected chi connectivity index (χ0v) is 20.9. The number of allylic oxidation sites excluding steroid dienone is 2. The van der Waals surface area contributed by atoms with Gasteiger partial charge in [0, 0.05) is 6.20 Å². The molecule has 2 aliphatic rings. The summed E-state index contributed by atoms with van der Waals surface area (Å²) in [7, 11) is 0. The number of fused-ring (bicyclic) bond motifs is 1. The van der Waals surface area contributed by atoms with Gasteiger partial charge in [-0.3, -0.25) is 0 Å². The molecule has 4 atom stereocenters. The molecule has 1 heterocycles. The Hall–Kier alpha value is -1.16. The summed E-state index contributed by atoms with van der Waals surface area (Å²) in [5.41, 5.74) is 2.75. The molecule has 2 aliphatic carbocycles. The Kier molecular flexibility index (Phi) is 8.40. The summed E-state index contributed by atoms with van der Waals surface area (Å²) >= 11 is 0. The molecule has 2 fully saturated rings. The van der Waals surface area contributed by atoms with Crippen LogP contribution >= 0.6 is 0 Å². The van der Waals surface area contributed by atoms with Gasteiger partial charge < -0.3 is 5.11 Å². The Labute approximate surface area is 190 Å². The van der Waals surface area contributed by atoms with Crippen LogP contribution in [-0.4, -0.2) is 25.7 Å². The van der Waals surface area contributed by atoms with Crippen LogP contribution in [0.3, 0.4) is 0 Å². The molecule has 176 valence electrons. The minimum Gasteiger partial charge on any atom is -0.390 e. The molecule has 0 radical (unpaired) electrons. The van der Waals surface area contributed by atoms with E-state index < -0.39 is 5.60 Å². The fraction of sp³-hybridized carbons (Fsp3) is 0.852. The molecule has 31 heavy (non-hydrogen) atoms. The molecule has 0 bridgehead atoms. The number of hydrogen-bond acceptors (Lipinski definition) is 3. The standard InChI is InChI=1S/C27H47N3O/c1-6-7-8-13-23-20-30(29-28-23)19-16-22-12-10-18-27(5)24(14-15-25(22)27)21(2)11-9-17-26(3,4)31/h16,20-21,24-25,31H,6-15,17-19H2,1-5H3/b22-16+/t21-,24-,25+,27-/m1/s1. The summed E-state index contributed by atoms with van der Waals surface area (Å²) in [6, 6.07) is 0. The van der Waals surface area contributed by atoms with Gasteiger partial charge in [-0.1, -0.05) is 63.3 Å². The molecule has 0 amide bonds. The maximum Gasteiger partial charge on any atom is 0.0827 e. The Morgan fingerprint density at radius 2 is 2.10 bits per heavy atom. The highest BCUT2D eigenvalue weighted by Crippen LogP contribution is 2.59. The van der Waals surface area contributed by atoms with Crippen LogP contribution in [-0.2, 0) is 13.0 Å². The highest BCUT2D eigenvalue weighted by atomic mass is 16.3. The van der Waals surface area contributed by atoms with Crippen molar-refractivity contribution in [1.29, 1.82) is 0 Å². The molecule has 1 aromatic rings. The molecule has 0 aromatic carbocycles. The number of nitrogens with zero attached hydrogens (tertiary/aromatic N) is 3. The van der Waals surface area contributed by atoms with E-state index in [-0.39, 0.29) is 0 Å². The minimum absolute atomic E-state index is 0.450. The first-order chi connectivity index (χ1) is 14.7. The third-order valence-corrected chi connectivity index (χ3v) is 8.34. The lowest BCUT2D eigenvalue weighted by Gasteiger charge is -2.44. The van der Waals surface area contributed by atoms with Crippen molar-refractivity contribution in [2.75, 3.05) is 0 Å². The van der Waals surface area contributed by atoms with E-state index in [0.29, 0.717) is 5.41 Å². The summed E-state index contributed by atoms with van der Waals surface area (Å²) < 4.78 is 2.03. The number of hydrogen-bond donors (Lipinski definition) is 1. The quantitative estimate of drug-likeness (QED) is 0.313. The van der Waals surface area contributed by atoms with Gasteiger partial charge in [0.05, 0.1) is 17.8 Å². The van der Waals surface area contributed by atoms with Crippen LogP contribution in [0.15, 0.2) is 17.8 Å². The molecule has 4 heteroatoms. The van der Waals surface area contributed by atoms with Crippen LogP contribution in [0, 0.1) is 23.2 Å². The van der Waals surface area contributed by atoms with Crippen molar-refractivity contribution in [1.82, 2.24) is 15.0 Å². The van der Waals surface area contributed by atoms with Gasteiger partial charge in [-0.05, 0) is 88.4 Å². The number of aromatic nitrogens is 3. The van der Waals surface area contributed by atoms with Gasteiger partial charge in [-0.25, -0.2) is 4.68 Å². The van der Waals surface area contributed by atoms with Gasteiger partial charge in [0.2, 0.25) is 0 Å². The first kappa shape index (κ1) is 24.5. The smallest absolute Gasteiger partial charge is 0.0827 e. The lowest BCUT2D eigenvalue weighted by Crippen LogP contribution is -2.36. The van der Waals surface area contributed by atoms with Crippen LogP contribution in [0.4, 0.5) is 0 Å². The van der Waals surface area contributed by atoms with Crippen LogP contribution in [0.5, 0.6) is 0 Å². The Morgan fingerprint density at radius 1 is 1.29 bits per heavy atom. The molecule has 0 saturated heterocycles. The number of aliphatic hydroxyl groups is 1. The molecular weight excluding hydrogens is 382 g/mol. The molecule has 1 aromatic heterocycles. The fourth-order valence-electron chi connectivity index (χ4n) is 6.63. The van der Waals surface area contributed by atoms with Crippen LogP contribution in [0.2, 0.25) is 0 Å². The zero-order valence-electron chi connectivity index (χ0n) is 20.9. The molecule has 2 saturated carbocycles. The molecule has 1 N–H and O–H groups in total. The van der Waals surface area contributed by atoms with E-state index in [1.165, 1.54) is 57.8 Å². The maximum absolute atomic E-state index is 10.1. The Morgan fingerprint density at radius 3 is 2.84 bits per heavy atom. The molecule has 3 rings (SSSR count). The first-order valence-corrected chi connectivity index (χ1v) is 13.0. The summed E-state index contributed by atoms with van der Waals surface area (Å²) in [6.07, 6.45) is 19.4. The van der Waals surface area contributed by atoms with E-state index >= 15 is 0 Å². The van der Waals surface area contributed by atoms with Crippen LogP contribution < -0.4 is 0 Å². The number of rotatable bonds is 11. The van der Waals surface area contributed by atoms with Crippen molar-refractivity contribution in [3.05, 3.63) is 23.5 Å². The molecule has 0 aliphatic heterocycles. The van der Waals surface area contributed by atoms with E-state index in [4.69, 9.17) is 0 Å². The lowest BCUT2D eigenvalue weighted by atomic mass is 9.60. The molecule has 0 spiro atoms. The van der Waals surface area contributed by atoms with Crippen molar-refractivity contribution in [2.24, 2.45) is 23.2 Å². The second-order valence-electron chi connectivity index (χ2n) is 11.4. The van der Waals surface area contributed by atoms with Crippen molar-refractivity contribution >= 4 is 0 Å². The third kappa shape index (κ3) is 6.43. The average Bonchev–Trinajstić information content (AvgIpc) is 3.29. The second-order valence-corrected chi connectivity index (χ2v) is 11.4. The Balaban J connectivity index is 1.58. The van der Waals surface area contributed by atoms with E-state index in [1.807, 2.05) is 18.5 Å². The van der Waals surface area contributed by atoms with Gasteiger partial charge in [0.25, 0.3) is 0 Å².